The maximum Gasteiger partial charge on any atom is 0.254 e. The number of nitrogens with two attached hydrogens (primary N) is 1. The van der Waals surface area contributed by atoms with E-state index < -0.39 is 5.54 Å². The third kappa shape index (κ3) is 2.80. The maximum absolute atomic E-state index is 12.2. The predicted molar refractivity (Wildman–Crippen MR) is 70.3 cm³/mol. The summed E-state index contributed by atoms with van der Waals surface area (Å²) >= 11 is 0. The fourth-order valence-corrected chi connectivity index (χ4v) is 1.75. The van der Waals surface area contributed by atoms with Crippen LogP contribution in [0.3, 0.4) is 0 Å². The van der Waals surface area contributed by atoms with E-state index in [4.69, 9.17) is 5.73 Å². The van der Waals surface area contributed by atoms with Crippen LogP contribution in [0.15, 0.2) is 18.2 Å². The Balaban J connectivity index is 3.02. The van der Waals surface area contributed by atoms with Crippen molar-refractivity contribution < 1.29 is 15.0 Å². The van der Waals surface area contributed by atoms with Gasteiger partial charge < -0.3 is 21.3 Å². The van der Waals surface area contributed by atoms with Crippen LogP contribution in [-0.4, -0.2) is 34.9 Å². The van der Waals surface area contributed by atoms with Crippen LogP contribution in [0.5, 0.6) is 0 Å². The van der Waals surface area contributed by atoms with Gasteiger partial charge in [-0.15, -0.1) is 0 Å². The van der Waals surface area contributed by atoms with Crippen LogP contribution in [0.2, 0.25) is 0 Å². The second-order valence-electron chi connectivity index (χ2n) is 4.44. The molecule has 5 N–H and O–H groups in total. The average molecular weight is 252 g/mol. The van der Waals surface area contributed by atoms with Crippen molar-refractivity contribution in [2.75, 3.05) is 18.9 Å². The van der Waals surface area contributed by atoms with Gasteiger partial charge in [-0.1, -0.05) is 19.1 Å². The summed E-state index contributed by atoms with van der Waals surface area (Å²) in [6.45, 7) is 2.93. The number of rotatable bonds is 5. The van der Waals surface area contributed by atoms with Crippen LogP contribution < -0.4 is 11.1 Å². The summed E-state index contributed by atoms with van der Waals surface area (Å²) < 4.78 is 0. The summed E-state index contributed by atoms with van der Waals surface area (Å²) in [6.07, 6.45) is 0.428. The van der Waals surface area contributed by atoms with E-state index in [1.54, 1.807) is 32.0 Å². The third-order valence-electron chi connectivity index (χ3n) is 3.19. The Bertz CT molecular complexity index is 400. The summed E-state index contributed by atoms with van der Waals surface area (Å²) in [5.41, 5.74) is 6.30. The monoisotopic (exact) mass is 252 g/mol. The van der Waals surface area contributed by atoms with Crippen molar-refractivity contribution in [1.82, 2.24) is 5.32 Å². The Morgan fingerprint density at radius 1 is 1.39 bits per heavy atom. The van der Waals surface area contributed by atoms with Gasteiger partial charge in [-0.05, 0) is 25.0 Å². The molecule has 0 unspecified atom stereocenters. The number of aliphatic hydroxyl groups is 2. The van der Waals surface area contributed by atoms with E-state index in [-0.39, 0.29) is 19.1 Å². The molecule has 100 valence electrons. The van der Waals surface area contributed by atoms with Crippen LogP contribution >= 0.6 is 0 Å². The SMILES string of the molecule is CCC(CO)(CO)NC(=O)c1c(C)cccc1N. The number of hydrogen-bond donors (Lipinski definition) is 4. The lowest BCUT2D eigenvalue weighted by Crippen LogP contribution is -2.54. The van der Waals surface area contributed by atoms with Crippen LogP contribution in [0, 0.1) is 6.92 Å². The van der Waals surface area contributed by atoms with Gasteiger partial charge in [-0.3, -0.25) is 4.79 Å². The molecule has 0 saturated heterocycles. The molecule has 0 saturated carbocycles. The van der Waals surface area contributed by atoms with Gasteiger partial charge in [0.15, 0.2) is 0 Å². The molecule has 0 radical (unpaired) electrons. The Morgan fingerprint density at radius 2 is 2.00 bits per heavy atom. The first-order valence-electron chi connectivity index (χ1n) is 5.89. The summed E-state index contributed by atoms with van der Waals surface area (Å²) in [5.74, 6) is -0.379. The van der Waals surface area contributed by atoms with Crippen molar-refractivity contribution in [3.63, 3.8) is 0 Å². The molecule has 1 rings (SSSR count). The maximum atomic E-state index is 12.2. The molecule has 0 bridgehead atoms. The molecule has 0 spiro atoms. The number of amides is 1. The fraction of sp³-hybridized carbons (Fsp3) is 0.462. The van der Waals surface area contributed by atoms with E-state index in [9.17, 15) is 15.0 Å². The molecule has 0 aromatic heterocycles. The largest absolute Gasteiger partial charge is 0.398 e. The molecular weight excluding hydrogens is 232 g/mol. The quantitative estimate of drug-likeness (QED) is 0.572. The molecule has 0 aliphatic rings. The van der Waals surface area contributed by atoms with Gasteiger partial charge in [-0.25, -0.2) is 0 Å². The van der Waals surface area contributed by atoms with Crippen molar-refractivity contribution in [1.29, 1.82) is 0 Å². The number of benzene rings is 1. The molecule has 1 aromatic rings. The number of carbonyl (C=O) groups is 1. The van der Waals surface area contributed by atoms with Gasteiger partial charge in [-0.2, -0.15) is 0 Å². The second-order valence-corrected chi connectivity index (χ2v) is 4.44. The van der Waals surface area contributed by atoms with E-state index in [0.29, 0.717) is 17.7 Å². The highest BCUT2D eigenvalue weighted by molar-refractivity contribution is 6.00. The lowest BCUT2D eigenvalue weighted by molar-refractivity contribution is 0.0653. The number of aliphatic hydroxyl groups excluding tert-OH is 2. The van der Waals surface area contributed by atoms with Crippen molar-refractivity contribution in [2.24, 2.45) is 0 Å². The zero-order valence-corrected chi connectivity index (χ0v) is 10.7. The van der Waals surface area contributed by atoms with Crippen LogP contribution in [-0.2, 0) is 0 Å². The van der Waals surface area contributed by atoms with Gasteiger partial charge in [0.1, 0.15) is 0 Å². The smallest absolute Gasteiger partial charge is 0.254 e. The van der Waals surface area contributed by atoms with Crippen molar-refractivity contribution in [2.45, 2.75) is 25.8 Å². The first kappa shape index (κ1) is 14.5. The molecule has 18 heavy (non-hydrogen) atoms. The van der Waals surface area contributed by atoms with Gasteiger partial charge in [0, 0.05) is 5.69 Å². The summed E-state index contributed by atoms with van der Waals surface area (Å²) in [5, 5.41) is 21.3. The van der Waals surface area contributed by atoms with Crippen molar-refractivity contribution in [3.8, 4) is 0 Å². The van der Waals surface area contributed by atoms with Gasteiger partial charge in [0.2, 0.25) is 0 Å². The van der Waals surface area contributed by atoms with Crippen LogP contribution in [0.4, 0.5) is 5.69 Å². The Hall–Kier alpha value is -1.59. The number of hydrogen-bond acceptors (Lipinski definition) is 4. The summed E-state index contributed by atoms with van der Waals surface area (Å²) in [7, 11) is 0. The Kier molecular flexibility index (Phi) is 4.69. The number of anilines is 1. The third-order valence-corrected chi connectivity index (χ3v) is 3.19. The molecule has 5 nitrogen and oxygen atoms in total. The Labute approximate surface area is 107 Å². The zero-order valence-electron chi connectivity index (χ0n) is 10.7. The summed E-state index contributed by atoms with van der Waals surface area (Å²) in [6, 6.07) is 5.21. The molecule has 5 heteroatoms. The minimum absolute atomic E-state index is 0.322. The van der Waals surface area contributed by atoms with Crippen LogP contribution in [0.1, 0.15) is 29.3 Å². The molecular formula is C13H20N2O3. The van der Waals surface area contributed by atoms with Crippen LogP contribution in [0.25, 0.3) is 0 Å². The van der Waals surface area contributed by atoms with Crippen molar-refractivity contribution >= 4 is 11.6 Å². The lowest BCUT2D eigenvalue weighted by atomic mass is 9.96. The lowest BCUT2D eigenvalue weighted by Gasteiger charge is -2.30. The molecule has 0 atom stereocenters. The Morgan fingerprint density at radius 3 is 2.44 bits per heavy atom. The zero-order chi connectivity index (χ0) is 13.8. The number of nitrogen functional groups attached to an aromatic ring is 1. The first-order valence-corrected chi connectivity index (χ1v) is 5.89. The first-order chi connectivity index (χ1) is 8.49. The highest BCUT2D eigenvalue weighted by atomic mass is 16.3. The number of carbonyl (C=O) groups excluding carboxylic acids is 1. The van der Waals surface area contributed by atoms with Gasteiger partial charge in [0.05, 0.1) is 24.3 Å². The molecule has 1 aromatic carbocycles. The van der Waals surface area contributed by atoms with E-state index in [0.717, 1.165) is 5.56 Å². The number of aryl methyl sites for hydroxylation is 1. The molecule has 0 aliphatic heterocycles. The molecule has 1 amide bonds. The minimum atomic E-state index is -1.01. The minimum Gasteiger partial charge on any atom is -0.398 e. The fourth-order valence-electron chi connectivity index (χ4n) is 1.75. The second kappa shape index (κ2) is 5.84. The normalized spacial score (nSPS) is 11.3. The highest BCUT2D eigenvalue weighted by Crippen LogP contribution is 2.18. The number of nitrogens with one attached hydrogen (secondary N) is 1. The summed E-state index contributed by atoms with van der Waals surface area (Å²) in [4.78, 5) is 12.2. The standard InChI is InChI=1S/C13H20N2O3/c1-3-13(7-16,8-17)15-12(18)11-9(2)5-4-6-10(11)14/h4-6,16-17H,3,7-8,14H2,1-2H3,(H,15,18). The van der Waals surface area contributed by atoms with E-state index in [1.807, 2.05) is 0 Å². The van der Waals surface area contributed by atoms with Gasteiger partial charge >= 0.3 is 0 Å². The average Bonchev–Trinajstić information content (AvgIpc) is 2.36. The molecule has 0 fully saturated rings. The van der Waals surface area contributed by atoms with E-state index in [1.165, 1.54) is 0 Å². The van der Waals surface area contributed by atoms with Gasteiger partial charge in [0.25, 0.3) is 5.91 Å². The van der Waals surface area contributed by atoms with Crippen molar-refractivity contribution in [3.05, 3.63) is 29.3 Å². The molecule has 0 heterocycles. The topological polar surface area (TPSA) is 95.6 Å². The van der Waals surface area contributed by atoms with E-state index >= 15 is 0 Å². The highest BCUT2D eigenvalue weighted by Gasteiger charge is 2.29. The molecule has 0 aliphatic carbocycles. The predicted octanol–water partition coefficient (Wildman–Crippen LogP) is 0.440. The van der Waals surface area contributed by atoms with E-state index in [2.05, 4.69) is 5.32 Å².